The van der Waals surface area contributed by atoms with Crippen molar-refractivity contribution in [1.82, 2.24) is 5.32 Å². The molecule has 0 aliphatic rings. The van der Waals surface area contributed by atoms with Gasteiger partial charge < -0.3 is 15.8 Å². The molecular weight excluding hydrogens is 356 g/mol. The molecule has 0 bridgehead atoms. The maximum absolute atomic E-state index is 12.4. The van der Waals surface area contributed by atoms with Crippen LogP contribution in [0.25, 0.3) is 0 Å². The molecule has 2 aromatic rings. The number of benzene rings is 2. The summed E-state index contributed by atoms with van der Waals surface area (Å²) in [4.78, 5) is 12.4. The molecule has 1 unspecified atom stereocenters. The van der Waals surface area contributed by atoms with E-state index in [1.165, 1.54) is 0 Å². The molecule has 2 aromatic carbocycles. The predicted octanol–water partition coefficient (Wildman–Crippen LogP) is 3.67. The minimum Gasteiger partial charge on any atom is -0.490 e. The van der Waals surface area contributed by atoms with Crippen LogP contribution in [0.5, 0.6) is 5.75 Å². The number of carbonyl (C=O) groups excluding carboxylic acids is 1. The van der Waals surface area contributed by atoms with Crippen molar-refractivity contribution in [3.05, 3.63) is 64.1 Å². The standard InChI is InChI=1S/C18H21BrN2O2/c1-12(2)23-17-10-14(19)8-9-15(17)18(22)21-11-16(20)13-6-4-3-5-7-13/h3-10,12,16H,11,20H2,1-2H3,(H,21,22). The Labute approximate surface area is 145 Å². The van der Waals surface area contributed by atoms with Crippen LogP contribution in [0.3, 0.4) is 0 Å². The number of carbonyl (C=O) groups is 1. The van der Waals surface area contributed by atoms with E-state index in [0.717, 1.165) is 10.0 Å². The van der Waals surface area contributed by atoms with Crippen LogP contribution >= 0.6 is 15.9 Å². The molecular formula is C18H21BrN2O2. The van der Waals surface area contributed by atoms with E-state index < -0.39 is 0 Å². The van der Waals surface area contributed by atoms with Gasteiger partial charge in [-0.3, -0.25) is 4.79 Å². The molecule has 3 N–H and O–H groups in total. The summed E-state index contributed by atoms with van der Waals surface area (Å²) in [7, 11) is 0. The molecule has 5 heteroatoms. The molecule has 23 heavy (non-hydrogen) atoms. The number of rotatable bonds is 6. The topological polar surface area (TPSA) is 64.3 Å². The van der Waals surface area contributed by atoms with Gasteiger partial charge in [-0.15, -0.1) is 0 Å². The van der Waals surface area contributed by atoms with Gasteiger partial charge in [-0.25, -0.2) is 0 Å². The van der Waals surface area contributed by atoms with E-state index in [1.807, 2.05) is 50.2 Å². The number of amides is 1. The molecule has 0 saturated heterocycles. The number of hydrogen-bond donors (Lipinski definition) is 2. The number of nitrogens with two attached hydrogens (primary N) is 1. The first-order valence-corrected chi connectivity index (χ1v) is 8.31. The second kappa shape index (κ2) is 8.13. The SMILES string of the molecule is CC(C)Oc1cc(Br)ccc1C(=O)NCC(N)c1ccccc1. The highest BCUT2D eigenvalue weighted by atomic mass is 79.9. The van der Waals surface area contributed by atoms with Gasteiger partial charge in [-0.05, 0) is 37.6 Å². The zero-order valence-corrected chi connectivity index (χ0v) is 14.8. The zero-order chi connectivity index (χ0) is 16.8. The first-order valence-electron chi connectivity index (χ1n) is 7.52. The number of nitrogens with one attached hydrogen (secondary N) is 1. The smallest absolute Gasteiger partial charge is 0.255 e. The zero-order valence-electron chi connectivity index (χ0n) is 13.3. The molecule has 0 saturated carbocycles. The van der Waals surface area contributed by atoms with E-state index in [1.54, 1.807) is 12.1 Å². The van der Waals surface area contributed by atoms with Gasteiger partial charge in [-0.2, -0.15) is 0 Å². The van der Waals surface area contributed by atoms with Crippen molar-refractivity contribution in [1.29, 1.82) is 0 Å². The van der Waals surface area contributed by atoms with Crippen LogP contribution in [-0.2, 0) is 0 Å². The number of hydrogen-bond acceptors (Lipinski definition) is 3. The molecule has 122 valence electrons. The Morgan fingerprint density at radius 2 is 1.91 bits per heavy atom. The largest absolute Gasteiger partial charge is 0.490 e. The molecule has 2 rings (SSSR count). The van der Waals surface area contributed by atoms with Gasteiger partial charge in [0.1, 0.15) is 5.75 Å². The van der Waals surface area contributed by atoms with Crippen LogP contribution < -0.4 is 15.8 Å². The second-order valence-corrected chi connectivity index (χ2v) is 6.45. The van der Waals surface area contributed by atoms with Crippen LogP contribution in [0.2, 0.25) is 0 Å². The molecule has 0 aliphatic heterocycles. The molecule has 1 atom stereocenters. The average Bonchev–Trinajstić information content (AvgIpc) is 2.52. The predicted molar refractivity (Wildman–Crippen MR) is 95.6 cm³/mol. The lowest BCUT2D eigenvalue weighted by molar-refractivity contribution is 0.0945. The maximum atomic E-state index is 12.4. The lowest BCUT2D eigenvalue weighted by Crippen LogP contribution is -2.32. The second-order valence-electron chi connectivity index (χ2n) is 5.53. The molecule has 0 heterocycles. The van der Waals surface area contributed by atoms with E-state index in [0.29, 0.717) is 17.9 Å². The van der Waals surface area contributed by atoms with E-state index >= 15 is 0 Å². The molecule has 1 amide bonds. The Morgan fingerprint density at radius 3 is 2.57 bits per heavy atom. The summed E-state index contributed by atoms with van der Waals surface area (Å²) in [6, 6.07) is 14.8. The summed E-state index contributed by atoms with van der Waals surface area (Å²) in [5, 5.41) is 2.87. The molecule has 0 fully saturated rings. The van der Waals surface area contributed by atoms with Gasteiger partial charge in [0.25, 0.3) is 5.91 Å². The van der Waals surface area contributed by atoms with E-state index in [4.69, 9.17) is 10.5 Å². The highest BCUT2D eigenvalue weighted by Crippen LogP contribution is 2.25. The van der Waals surface area contributed by atoms with Crippen LogP contribution in [0.1, 0.15) is 35.8 Å². The van der Waals surface area contributed by atoms with Crippen LogP contribution in [0.4, 0.5) is 0 Å². The summed E-state index contributed by atoms with van der Waals surface area (Å²) in [5.41, 5.74) is 7.60. The van der Waals surface area contributed by atoms with Gasteiger partial charge in [0.15, 0.2) is 0 Å². The highest BCUT2D eigenvalue weighted by molar-refractivity contribution is 9.10. The summed E-state index contributed by atoms with van der Waals surface area (Å²) < 4.78 is 6.58. The van der Waals surface area contributed by atoms with Gasteiger partial charge >= 0.3 is 0 Å². The van der Waals surface area contributed by atoms with Crippen molar-refractivity contribution < 1.29 is 9.53 Å². The van der Waals surface area contributed by atoms with E-state index in [2.05, 4.69) is 21.2 Å². The van der Waals surface area contributed by atoms with Crippen molar-refractivity contribution in [2.24, 2.45) is 5.73 Å². The van der Waals surface area contributed by atoms with Gasteiger partial charge in [0, 0.05) is 17.1 Å². The fraction of sp³-hybridized carbons (Fsp3) is 0.278. The summed E-state index contributed by atoms with van der Waals surface area (Å²) >= 11 is 3.40. The molecule has 0 aliphatic carbocycles. The maximum Gasteiger partial charge on any atom is 0.255 e. The van der Waals surface area contributed by atoms with Crippen LogP contribution in [0, 0.1) is 0 Å². The van der Waals surface area contributed by atoms with Crippen LogP contribution in [0.15, 0.2) is 53.0 Å². The number of ether oxygens (including phenoxy) is 1. The normalized spacial score (nSPS) is 12.0. The quantitative estimate of drug-likeness (QED) is 0.808. The van der Waals surface area contributed by atoms with Crippen molar-refractivity contribution in [2.75, 3.05) is 6.54 Å². The molecule has 4 nitrogen and oxygen atoms in total. The van der Waals surface area contributed by atoms with Gasteiger partial charge in [0.2, 0.25) is 0 Å². The van der Waals surface area contributed by atoms with Crippen molar-refractivity contribution in [3.63, 3.8) is 0 Å². The van der Waals surface area contributed by atoms with Crippen molar-refractivity contribution in [2.45, 2.75) is 26.0 Å². The fourth-order valence-corrected chi connectivity index (χ4v) is 2.49. The lowest BCUT2D eigenvalue weighted by atomic mass is 10.1. The first kappa shape index (κ1) is 17.5. The Kier molecular flexibility index (Phi) is 6.19. The summed E-state index contributed by atoms with van der Waals surface area (Å²) in [6.07, 6.45) is -0.0116. The first-order chi connectivity index (χ1) is 11.0. The van der Waals surface area contributed by atoms with E-state index in [9.17, 15) is 4.79 Å². The Bertz CT molecular complexity index is 659. The van der Waals surface area contributed by atoms with Gasteiger partial charge in [-0.1, -0.05) is 46.3 Å². The van der Waals surface area contributed by atoms with Gasteiger partial charge in [0.05, 0.1) is 11.7 Å². The average molecular weight is 377 g/mol. The lowest BCUT2D eigenvalue weighted by Gasteiger charge is -2.16. The Morgan fingerprint density at radius 1 is 1.22 bits per heavy atom. The Hall–Kier alpha value is -1.85. The minimum absolute atomic E-state index is 0.0116. The number of halogens is 1. The van der Waals surface area contributed by atoms with Crippen molar-refractivity contribution in [3.8, 4) is 5.75 Å². The molecule has 0 aromatic heterocycles. The molecule has 0 radical (unpaired) electrons. The third-order valence-corrected chi connectivity index (χ3v) is 3.75. The Balaban J connectivity index is 2.06. The van der Waals surface area contributed by atoms with Crippen molar-refractivity contribution >= 4 is 21.8 Å². The fourth-order valence-electron chi connectivity index (χ4n) is 2.15. The third kappa shape index (κ3) is 5.08. The molecule has 0 spiro atoms. The monoisotopic (exact) mass is 376 g/mol. The minimum atomic E-state index is -0.245. The summed E-state index contributed by atoms with van der Waals surface area (Å²) in [5.74, 6) is 0.361. The third-order valence-electron chi connectivity index (χ3n) is 3.26. The van der Waals surface area contributed by atoms with E-state index in [-0.39, 0.29) is 18.1 Å². The highest BCUT2D eigenvalue weighted by Gasteiger charge is 2.15. The summed E-state index contributed by atoms with van der Waals surface area (Å²) in [6.45, 7) is 4.21. The van der Waals surface area contributed by atoms with Crippen LogP contribution in [-0.4, -0.2) is 18.6 Å².